The zero-order valence-corrected chi connectivity index (χ0v) is 15.2. The maximum absolute atomic E-state index is 9.15. The molecule has 0 aromatic carbocycles. The third-order valence-corrected chi connectivity index (χ3v) is 2.32. The highest BCUT2D eigenvalue weighted by atomic mass is 127. The van der Waals surface area contributed by atoms with Gasteiger partial charge in [0.15, 0.2) is 0 Å². The molecule has 0 bridgehead atoms. The Bertz CT molecular complexity index is 186. The molecule has 0 heterocycles. The Labute approximate surface area is 127 Å². The number of hydrogen-bond acceptors (Lipinski definition) is 4. The van der Waals surface area contributed by atoms with Gasteiger partial charge < -0.3 is 19.8 Å². The zero-order valence-electron chi connectivity index (χ0n) is 12.0. The molecule has 0 aliphatic carbocycles. The van der Waals surface area contributed by atoms with E-state index in [2.05, 4.69) is 40.1 Å². The average molecular weight is 391 g/mol. The van der Waals surface area contributed by atoms with Gasteiger partial charge >= 0.3 is 0 Å². The Kier molecular flexibility index (Phi) is 44.6. The third kappa shape index (κ3) is 44.4. The number of hydrogen-bond donors (Lipinski definition) is 2. The highest BCUT2D eigenvalue weighted by molar-refractivity contribution is 14.2. The van der Waals surface area contributed by atoms with E-state index in [0.29, 0.717) is 25.2 Å². The number of aliphatic hydroxyl groups is 1. The highest BCUT2D eigenvalue weighted by Crippen LogP contribution is 2.22. The molecule has 4 nitrogen and oxygen atoms in total. The van der Waals surface area contributed by atoms with Gasteiger partial charge in [0.25, 0.3) is 0 Å². The molecule has 0 aromatic heterocycles. The van der Waals surface area contributed by atoms with Crippen LogP contribution in [-0.4, -0.2) is 32.7 Å². The summed E-state index contributed by atoms with van der Waals surface area (Å²) in [5.74, 6) is 0.453. The molecule has 0 spiro atoms. The molecule has 110 valence electrons. The standard InChI is InChI=1S/C6H12IO2P.C3H6.C2H6O.CH3N/c1-5(2)6(8)3-4-9-10-7;2*1-3-2;1-2/h8,10H,3-4H2,1-2H3;3H,1H2,2H3;1-2H3;2H,1H2. The zero-order chi connectivity index (χ0) is 15.4. The van der Waals surface area contributed by atoms with Crippen LogP contribution in [0.5, 0.6) is 0 Å². The first-order chi connectivity index (χ1) is 8.51. The lowest BCUT2D eigenvalue weighted by Crippen LogP contribution is -1.90. The van der Waals surface area contributed by atoms with Gasteiger partial charge in [0.1, 0.15) is 0 Å². The van der Waals surface area contributed by atoms with Crippen molar-refractivity contribution >= 4 is 35.2 Å². The van der Waals surface area contributed by atoms with Crippen LogP contribution in [0.15, 0.2) is 24.0 Å². The summed E-state index contributed by atoms with van der Waals surface area (Å²) in [6.45, 7) is 12.6. The van der Waals surface area contributed by atoms with Crippen molar-refractivity contribution in [2.45, 2.75) is 27.2 Å². The summed E-state index contributed by atoms with van der Waals surface area (Å²) >= 11 is 2.16. The Balaban J connectivity index is -0.000000102. The van der Waals surface area contributed by atoms with E-state index in [1.54, 1.807) is 20.3 Å². The first kappa shape index (κ1) is 26.6. The molecule has 1 unspecified atom stereocenters. The van der Waals surface area contributed by atoms with Gasteiger partial charge in [-0.1, -0.05) is 6.08 Å². The lowest BCUT2D eigenvalue weighted by Gasteiger charge is -2.00. The minimum Gasteiger partial charge on any atom is -0.512 e. The van der Waals surface area contributed by atoms with E-state index in [1.807, 2.05) is 20.8 Å². The van der Waals surface area contributed by atoms with Gasteiger partial charge in [-0.2, -0.15) is 0 Å². The molecule has 0 radical (unpaired) electrons. The van der Waals surface area contributed by atoms with Crippen LogP contribution in [0.4, 0.5) is 0 Å². The SMILES string of the molecule is C=CC.C=N.CC(C)=C(O)CCOPI.COC. The quantitative estimate of drug-likeness (QED) is 0.179. The fraction of sp³-hybridized carbons (Fsp3) is 0.583. The fourth-order valence-corrected chi connectivity index (χ4v) is 1.28. The molecular weight excluding hydrogens is 364 g/mol. The maximum Gasteiger partial charge on any atom is 0.0932 e. The van der Waals surface area contributed by atoms with Gasteiger partial charge in [0.05, 0.1) is 18.8 Å². The van der Waals surface area contributed by atoms with Crippen molar-refractivity contribution in [2.24, 2.45) is 0 Å². The monoisotopic (exact) mass is 391 g/mol. The molecule has 2 N–H and O–H groups in total. The second kappa shape index (κ2) is 30.2. The number of aliphatic hydroxyl groups excluding tert-OH is 1. The van der Waals surface area contributed by atoms with Crippen LogP contribution in [-0.2, 0) is 9.26 Å². The Hall–Kier alpha value is 0.0300. The summed E-state index contributed by atoms with van der Waals surface area (Å²) in [6, 6.07) is 0. The summed E-state index contributed by atoms with van der Waals surface area (Å²) < 4.78 is 9.32. The number of allylic oxidation sites excluding steroid dienone is 2. The molecule has 18 heavy (non-hydrogen) atoms. The molecule has 0 aliphatic heterocycles. The summed E-state index contributed by atoms with van der Waals surface area (Å²) in [6.07, 6.45) is 2.39. The van der Waals surface area contributed by atoms with E-state index < -0.39 is 0 Å². The second-order valence-corrected chi connectivity index (χ2v) is 4.70. The van der Waals surface area contributed by atoms with Crippen LogP contribution >= 0.6 is 28.5 Å². The summed E-state index contributed by atoms with van der Waals surface area (Å²) in [5.41, 5.74) is 0.973. The topological polar surface area (TPSA) is 62.5 Å². The number of rotatable bonds is 4. The molecule has 0 saturated heterocycles. The van der Waals surface area contributed by atoms with Crippen molar-refractivity contribution in [1.82, 2.24) is 0 Å². The van der Waals surface area contributed by atoms with Gasteiger partial charge in [-0.3, -0.25) is 0 Å². The second-order valence-electron chi connectivity index (χ2n) is 2.94. The minimum atomic E-state index is 0.453. The first-order valence-corrected chi connectivity index (χ1v) is 9.19. The van der Waals surface area contributed by atoms with E-state index in [1.165, 1.54) is 0 Å². The van der Waals surface area contributed by atoms with Crippen molar-refractivity contribution in [2.75, 3.05) is 20.8 Å². The number of halogens is 1. The minimum absolute atomic E-state index is 0.453. The van der Waals surface area contributed by atoms with E-state index in [-0.39, 0.29) is 0 Å². The predicted molar refractivity (Wildman–Crippen MR) is 92.6 cm³/mol. The van der Waals surface area contributed by atoms with Crippen LogP contribution in [0.3, 0.4) is 0 Å². The van der Waals surface area contributed by atoms with Gasteiger partial charge in [0, 0.05) is 20.6 Å². The third-order valence-electron chi connectivity index (χ3n) is 1.07. The Morgan fingerprint density at radius 2 is 1.72 bits per heavy atom. The molecule has 0 fully saturated rings. The van der Waals surface area contributed by atoms with Crippen LogP contribution in [0.2, 0.25) is 0 Å². The van der Waals surface area contributed by atoms with Gasteiger partial charge in [-0.05, 0) is 55.1 Å². The van der Waals surface area contributed by atoms with Crippen molar-refractivity contribution < 1.29 is 14.4 Å². The van der Waals surface area contributed by atoms with E-state index in [9.17, 15) is 0 Å². The van der Waals surface area contributed by atoms with Crippen molar-refractivity contribution in [3.05, 3.63) is 24.0 Å². The molecule has 1 atom stereocenters. The van der Waals surface area contributed by atoms with E-state index >= 15 is 0 Å². The summed E-state index contributed by atoms with van der Waals surface area (Å²) in [4.78, 5) is 0. The van der Waals surface area contributed by atoms with Gasteiger partial charge in [0.2, 0.25) is 0 Å². The largest absolute Gasteiger partial charge is 0.512 e. The molecule has 0 aromatic rings. The highest BCUT2D eigenvalue weighted by Gasteiger charge is 1.94. The number of methoxy groups -OCH3 is 1. The lowest BCUT2D eigenvalue weighted by molar-refractivity contribution is 0.277. The summed E-state index contributed by atoms with van der Waals surface area (Å²) in [7, 11) is 3.25. The number of nitrogens with one attached hydrogen (secondary N) is 1. The van der Waals surface area contributed by atoms with Crippen LogP contribution in [0, 0.1) is 5.41 Å². The molecule has 0 amide bonds. The Morgan fingerprint density at radius 3 is 1.94 bits per heavy atom. The van der Waals surface area contributed by atoms with Gasteiger partial charge in [-0.25, -0.2) is 0 Å². The van der Waals surface area contributed by atoms with Crippen molar-refractivity contribution in [3.8, 4) is 0 Å². The van der Waals surface area contributed by atoms with Crippen molar-refractivity contribution in [1.29, 1.82) is 5.41 Å². The molecule has 0 aliphatic rings. The lowest BCUT2D eigenvalue weighted by atomic mass is 10.2. The smallest absolute Gasteiger partial charge is 0.0932 e. The van der Waals surface area contributed by atoms with Crippen LogP contribution < -0.4 is 0 Å². The van der Waals surface area contributed by atoms with Crippen LogP contribution in [0.25, 0.3) is 0 Å². The normalized spacial score (nSPS) is 7.89. The molecule has 0 rings (SSSR count). The average Bonchev–Trinajstić information content (AvgIpc) is 2.33. The summed E-state index contributed by atoms with van der Waals surface area (Å²) in [5, 5.41) is 14.7. The van der Waals surface area contributed by atoms with E-state index in [0.717, 1.165) is 5.57 Å². The van der Waals surface area contributed by atoms with E-state index in [4.69, 9.17) is 15.0 Å². The fourth-order valence-electron chi connectivity index (χ4n) is 0.436. The van der Waals surface area contributed by atoms with Crippen LogP contribution in [0.1, 0.15) is 27.2 Å². The van der Waals surface area contributed by atoms with Crippen molar-refractivity contribution in [3.63, 3.8) is 0 Å². The number of ether oxygens (including phenoxy) is 1. The predicted octanol–water partition coefficient (Wildman–Crippen LogP) is 4.91. The first-order valence-electron chi connectivity index (χ1n) is 5.16. The maximum atomic E-state index is 9.15. The molecule has 6 heteroatoms. The molecule has 0 saturated carbocycles. The Morgan fingerprint density at radius 1 is 1.39 bits per heavy atom. The van der Waals surface area contributed by atoms with Gasteiger partial charge in [-0.15, -0.1) is 6.58 Å². The molecular formula is C12H27INO3P.